The Balaban J connectivity index is 1.49. The Bertz CT molecular complexity index is 1200. The van der Waals surface area contributed by atoms with Crippen molar-refractivity contribution in [2.24, 2.45) is 0 Å². The van der Waals surface area contributed by atoms with Gasteiger partial charge >= 0.3 is 0 Å². The van der Waals surface area contributed by atoms with Crippen LogP contribution in [0.3, 0.4) is 0 Å². The van der Waals surface area contributed by atoms with E-state index in [-0.39, 0.29) is 11.7 Å². The first-order chi connectivity index (χ1) is 16.1. The molecule has 1 amide bonds. The number of nitrogens with zero attached hydrogens (tertiary/aromatic N) is 3. The first-order valence-electron chi connectivity index (χ1n) is 10.5. The molecule has 0 bridgehead atoms. The van der Waals surface area contributed by atoms with Gasteiger partial charge in [0.1, 0.15) is 5.75 Å². The fourth-order valence-corrected chi connectivity index (χ4v) is 4.11. The molecule has 6 nitrogen and oxygen atoms in total. The van der Waals surface area contributed by atoms with Gasteiger partial charge < -0.3 is 10.1 Å². The monoisotopic (exact) mass is 478 g/mol. The van der Waals surface area contributed by atoms with Gasteiger partial charge in [0, 0.05) is 16.3 Å². The lowest BCUT2D eigenvalue weighted by molar-refractivity contribution is -0.113. The van der Waals surface area contributed by atoms with Crippen molar-refractivity contribution in [2.75, 3.05) is 17.7 Å². The minimum absolute atomic E-state index is 0.119. The summed E-state index contributed by atoms with van der Waals surface area (Å²) in [6, 6.07) is 24.9. The summed E-state index contributed by atoms with van der Waals surface area (Å²) in [5.74, 6) is 1.59. The van der Waals surface area contributed by atoms with Gasteiger partial charge in [0.15, 0.2) is 11.0 Å². The number of benzene rings is 3. The van der Waals surface area contributed by atoms with Crippen LogP contribution in [0, 0.1) is 0 Å². The van der Waals surface area contributed by atoms with E-state index in [4.69, 9.17) is 16.3 Å². The van der Waals surface area contributed by atoms with Crippen molar-refractivity contribution in [2.45, 2.75) is 18.6 Å². The van der Waals surface area contributed by atoms with Crippen molar-refractivity contribution in [1.29, 1.82) is 0 Å². The zero-order valence-corrected chi connectivity index (χ0v) is 19.6. The molecule has 1 N–H and O–H groups in total. The maximum atomic E-state index is 12.5. The Morgan fingerprint density at radius 1 is 1.00 bits per heavy atom. The van der Waals surface area contributed by atoms with Crippen LogP contribution in [0.2, 0.25) is 5.02 Å². The molecule has 0 saturated heterocycles. The van der Waals surface area contributed by atoms with E-state index in [1.165, 1.54) is 11.8 Å². The average Bonchev–Trinajstić information content (AvgIpc) is 3.22. The molecule has 168 valence electrons. The third-order valence-electron chi connectivity index (χ3n) is 4.78. The van der Waals surface area contributed by atoms with E-state index in [1.54, 1.807) is 0 Å². The third kappa shape index (κ3) is 6.15. The summed E-state index contributed by atoms with van der Waals surface area (Å²) in [7, 11) is 0. The zero-order chi connectivity index (χ0) is 23.0. The maximum absolute atomic E-state index is 12.5. The summed E-state index contributed by atoms with van der Waals surface area (Å²) in [5.41, 5.74) is 2.75. The van der Waals surface area contributed by atoms with Gasteiger partial charge in [0.2, 0.25) is 5.91 Å². The highest BCUT2D eigenvalue weighted by Gasteiger charge is 2.16. The fourth-order valence-electron chi connectivity index (χ4n) is 3.24. The normalized spacial score (nSPS) is 10.7. The van der Waals surface area contributed by atoms with Gasteiger partial charge in [0.05, 0.1) is 18.9 Å². The predicted molar refractivity (Wildman–Crippen MR) is 133 cm³/mol. The molecule has 0 spiro atoms. The SMILES string of the molecule is CCOc1ccc(NC(=O)CSc2nnc(-c3ccc(Cl)cc3)n2Cc2ccccc2)cc1. The Labute approximate surface area is 202 Å². The molecule has 0 fully saturated rings. The van der Waals surface area contributed by atoms with E-state index < -0.39 is 0 Å². The van der Waals surface area contributed by atoms with Gasteiger partial charge in [-0.05, 0) is 61.0 Å². The Hall–Kier alpha value is -3.29. The third-order valence-corrected chi connectivity index (χ3v) is 6.00. The quantitative estimate of drug-likeness (QED) is 0.309. The lowest BCUT2D eigenvalue weighted by Crippen LogP contribution is -2.14. The van der Waals surface area contributed by atoms with Gasteiger partial charge in [-0.25, -0.2) is 0 Å². The number of anilines is 1. The lowest BCUT2D eigenvalue weighted by atomic mass is 10.2. The Kier molecular flexibility index (Phi) is 7.65. The minimum atomic E-state index is -0.119. The van der Waals surface area contributed by atoms with Crippen LogP contribution >= 0.6 is 23.4 Å². The number of thioether (sulfide) groups is 1. The summed E-state index contributed by atoms with van der Waals surface area (Å²) in [6.45, 7) is 3.13. The smallest absolute Gasteiger partial charge is 0.234 e. The molecule has 1 heterocycles. The summed E-state index contributed by atoms with van der Waals surface area (Å²) in [5, 5.41) is 13.0. The van der Waals surface area contributed by atoms with Crippen LogP contribution in [0.1, 0.15) is 12.5 Å². The van der Waals surface area contributed by atoms with Crippen molar-refractivity contribution in [3.63, 3.8) is 0 Å². The van der Waals surface area contributed by atoms with Gasteiger partial charge in [-0.15, -0.1) is 10.2 Å². The number of halogens is 1. The number of carbonyl (C=O) groups excluding carboxylic acids is 1. The second-order valence-corrected chi connectivity index (χ2v) is 8.56. The first kappa shape index (κ1) is 22.9. The van der Waals surface area contributed by atoms with Crippen molar-refractivity contribution in [3.8, 4) is 17.1 Å². The van der Waals surface area contributed by atoms with Crippen molar-refractivity contribution in [1.82, 2.24) is 14.8 Å². The predicted octanol–water partition coefficient (Wildman–Crippen LogP) is 5.78. The molecule has 4 rings (SSSR count). The highest BCUT2D eigenvalue weighted by molar-refractivity contribution is 7.99. The number of aromatic nitrogens is 3. The fraction of sp³-hybridized carbons (Fsp3) is 0.160. The maximum Gasteiger partial charge on any atom is 0.234 e. The number of hydrogen-bond acceptors (Lipinski definition) is 5. The van der Waals surface area contributed by atoms with Crippen molar-refractivity contribution in [3.05, 3.63) is 89.4 Å². The molecule has 3 aromatic carbocycles. The molecule has 0 atom stereocenters. The average molecular weight is 479 g/mol. The van der Waals surface area contributed by atoms with Crippen LogP contribution in [-0.2, 0) is 11.3 Å². The molecule has 0 saturated carbocycles. The summed E-state index contributed by atoms with van der Waals surface area (Å²) >= 11 is 7.40. The van der Waals surface area contributed by atoms with Crippen LogP contribution in [0.5, 0.6) is 5.75 Å². The number of hydrogen-bond donors (Lipinski definition) is 1. The highest BCUT2D eigenvalue weighted by atomic mass is 35.5. The summed E-state index contributed by atoms with van der Waals surface area (Å²) < 4.78 is 7.46. The Morgan fingerprint density at radius 2 is 1.73 bits per heavy atom. The topological polar surface area (TPSA) is 69.0 Å². The van der Waals surface area contributed by atoms with Crippen molar-refractivity contribution < 1.29 is 9.53 Å². The minimum Gasteiger partial charge on any atom is -0.494 e. The number of amides is 1. The van der Waals surface area contributed by atoms with Crippen LogP contribution in [0.15, 0.2) is 84.0 Å². The van der Waals surface area contributed by atoms with E-state index >= 15 is 0 Å². The van der Waals surface area contributed by atoms with Crippen LogP contribution in [0.25, 0.3) is 11.4 Å². The number of ether oxygens (including phenoxy) is 1. The molecule has 33 heavy (non-hydrogen) atoms. The van der Waals surface area contributed by atoms with Gasteiger partial charge in [-0.1, -0.05) is 53.7 Å². The first-order valence-corrected chi connectivity index (χ1v) is 11.9. The highest BCUT2D eigenvalue weighted by Crippen LogP contribution is 2.26. The largest absolute Gasteiger partial charge is 0.494 e. The van der Waals surface area contributed by atoms with E-state index in [0.29, 0.717) is 23.3 Å². The van der Waals surface area contributed by atoms with E-state index in [2.05, 4.69) is 27.6 Å². The molecular formula is C25H23ClN4O2S. The zero-order valence-electron chi connectivity index (χ0n) is 18.1. The van der Waals surface area contributed by atoms with E-state index in [1.807, 2.05) is 78.2 Å². The molecule has 0 aliphatic heterocycles. The van der Waals surface area contributed by atoms with Crippen molar-refractivity contribution >= 4 is 35.0 Å². The van der Waals surface area contributed by atoms with Crippen LogP contribution in [0.4, 0.5) is 5.69 Å². The summed E-state index contributed by atoms with van der Waals surface area (Å²) in [4.78, 5) is 12.5. The molecular weight excluding hydrogens is 456 g/mol. The lowest BCUT2D eigenvalue weighted by Gasteiger charge is -2.11. The molecule has 4 aromatic rings. The second kappa shape index (κ2) is 11.0. The van der Waals surface area contributed by atoms with Gasteiger partial charge in [0.25, 0.3) is 0 Å². The number of nitrogens with one attached hydrogen (secondary N) is 1. The Morgan fingerprint density at radius 3 is 2.42 bits per heavy atom. The number of rotatable bonds is 9. The molecule has 0 radical (unpaired) electrons. The molecule has 1 aromatic heterocycles. The molecule has 0 unspecified atom stereocenters. The standard InChI is InChI=1S/C25H23ClN4O2S/c1-2-32-22-14-12-21(13-15-22)27-23(31)17-33-25-29-28-24(19-8-10-20(26)11-9-19)30(25)16-18-6-4-3-5-7-18/h3-15H,2,16-17H2,1H3,(H,27,31). The van der Waals surface area contributed by atoms with Gasteiger partial charge in [-0.3, -0.25) is 9.36 Å². The number of carbonyl (C=O) groups is 1. The van der Waals surface area contributed by atoms with Gasteiger partial charge in [-0.2, -0.15) is 0 Å². The van der Waals surface area contributed by atoms with Crippen LogP contribution < -0.4 is 10.1 Å². The van der Waals surface area contributed by atoms with E-state index in [0.717, 1.165) is 28.4 Å². The second-order valence-electron chi connectivity index (χ2n) is 7.18. The van der Waals surface area contributed by atoms with Crippen LogP contribution in [-0.4, -0.2) is 33.0 Å². The van der Waals surface area contributed by atoms with E-state index in [9.17, 15) is 4.79 Å². The molecule has 8 heteroatoms. The molecule has 0 aliphatic rings. The molecule has 0 aliphatic carbocycles. The summed E-state index contributed by atoms with van der Waals surface area (Å²) in [6.07, 6.45) is 0.